The van der Waals surface area contributed by atoms with Crippen LogP contribution < -0.4 is 0 Å². The maximum absolute atomic E-state index is 6.05. The van der Waals surface area contributed by atoms with Crippen molar-refractivity contribution in [2.24, 2.45) is 5.92 Å². The number of alkyl halides is 1. The molecule has 0 nitrogen and oxygen atoms in total. The van der Waals surface area contributed by atoms with Crippen LogP contribution in [0.5, 0.6) is 0 Å². The fourth-order valence-corrected chi connectivity index (χ4v) is 1.79. The minimum absolute atomic E-state index is 0.520. The third-order valence-corrected chi connectivity index (χ3v) is 3.59. The third kappa shape index (κ3) is 3.34. The average molecular weight is 252 g/mol. The first-order valence-corrected chi connectivity index (χ1v) is 5.93. The van der Waals surface area contributed by atoms with Crippen molar-refractivity contribution >= 4 is 34.8 Å². The van der Waals surface area contributed by atoms with Crippen LogP contribution in [-0.2, 0) is 6.42 Å². The predicted octanol–water partition coefficient (Wildman–Crippen LogP) is 4.80. The maximum atomic E-state index is 6.05. The van der Waals surface area contributed by atoms with Crippen molar-refractivity contribution in [2.75, 3.05) is 5.88 Å². The van der Waals surface area contributed by atoms with E-state index in [9.17, 15) is 0 Å². The predicted molar refractivity (Wildman–Crippen MR) is 64.7 cm³/mol. The van der Waals surface area contributed by atoms with Crippen molar-refractivity contribution in [3.63, 3.8) is 0 Å². The summed E-state index contributed by atoms with van der Waals surface area (Å²) in [5.74, 6) is 1.21. The van der Waals surface area contributed by atoms with Gasteiger partial charge in [-0.2, -0.15) is 0 Å². The second kappa shape index (κ2) is 5.85. The molecule has 0 amide bonds. The number of rotatable bonds is 4. The van der Waals surface area contributed by atoms with E-state index in [1.807, 2.05) is 12.1 Å². The molecular weight excluding hydrogens is 238 g/mol. The number of benzene rings is 1. The fraction of sp³-hybridized carbons (Fsp3) is 0.455. The molecule has 0 aliphatic carbocycles. The molecule has 3 heteroatoms. The average Bonchev–Trinajstić information content (AvgIpc) is 2.20. The van der Waals surface area contributed by atoms with E-state index in [0.29, 0.717) is 21.8 Å². The van der Waals surface area contributed by atoms with Gasteiger partial charge in [-0.1, -0.05) is 42.3 Å². The number of hydrogen-bond donors (Lipinski definition) is 0. The summed E-state index contributed by atoms with van der Waals surface area (Å²) in [5.41, 5.74) is 1.11. The molecule has 0 radical (unpaired) electrons. The van der Waals surface area contributed by atoms with Crippen LogP contribution in [0, 0.1) is 5.92 Å². The topological polar surface area (TPSA) is 0 Å². The molecule has 0 aliphatic heterocycles. The summed E-state index contributed by atoms with van der Waals surface area (Å²) in [6.07, 6.45) is 1.98. The SMILES string of the molecule is CC(CCl)CCc1cccc(Cl)c1Cl. The Morgan fingerprint density at radius 3 is 2.64 bits per heavy atom. The highest BCUT2D eigenvalue weighted by molar-refractivity contribution is 6.42. The summed E-state index contributed by atoms with van der Waals surface area (Å²) >= 11 is 17.7. The molecule has 14 heavy (non-hydrogen) atoms. The first-order chi connectivity index (χ1) is 6.65. The summed E-state index contributed by atoms with van der Waals surface area (Å²) in [4.78, 5) is 0. The van der Waals surface area contributed by atoms with Crippen LogP contribution in [0.2, 0.25) is 10.0 Å². The van der Waals surface area contributed by atoms with Gasteiger partial charge < -0.3 is 0 Å². The summed E-state index contributed by atoms with van der Waals surface area (Å²) in [6, 6.07) is 5.74. The van der Waals surface area contributed by atoms with Crippen LogP contribution in [-0.4, -0.2) is 5.88 Å². The Labute approximate surface area is 100 Å². The summed E-state index contributed by atoms with van der Waals surface area (Å²) < 4.78 is 0. The van der Waals surface area contributed by atoms with Crippen LogP contribution in [0.25, 0.3) is 0 Å². The van der Waals surface area contributed by atoms with E-state index in [1.54, 1.807) is 6.07 Å². The van der Waals surface area contributed by atoms with Crippen LogP contribution in [0.1, 0.15) is 18.9 Å². The lowest BCUT2D eigenvalue weighted by Crippen LogP contribution is -1.99. The molecule has 0 saturated carbocycles. The van der Waals surface area contributed by atoms with Crippen molar-refractivity contribution in [3.05, 3.63) is 33.8 Å². The Bertz CT molecular complexity index is 297. The zero-order valence-electron chi connectivity index (χ0n) is 8.06. The van der Waals surface area contributed by atoms with Gasteiger partial charge in [0.25, 0.3) is 0 Å². The number of hydrogen-bond acceptors (Lipinski definition) is 0. The highest BCUT2D eigenvalue weighted by Gasteiger charge is 2.06. The van der Waals surface area contributed by atoms with Gasteiger partial charge in [-0.05, 0) is 30.4 Å². The molecule has 0 fully saturated rings. The first-order valence-electron chi connectivity index (χ1n) is 4.64. The second-order valence-electron chi connectivity index (χ2n) is 3.51. The molecule has 78 valence electrons. The zero-order valence-corrected chi connectivity index (χ0v) is 10.3. The van der Waals surface area contributed by atoms with E-state index in [2.05, 4.69) is 6.92 Å². The molecule has 0 aromatic heterocycles. The van der Waals surface area contributed by atoms with E-state index in [1.165, 1.54) is 0 Å². The van der Waals surface area contributed by atoms with Gasteiger partial charge in [0, 0.05) is 5.88 Å². The third-order valence-electron chi connectivity index (χ3n) is 2.20. The normalized spacial score (nSPS) is 12.9. The van der Waals surface area contributed by atoms with Gasteiger partial charge >= 0.3 is 0 Å². The molecule has 0 aliphatic rings. The highest BCUT2D eigenvalue weighted by atomic mass is 35.5. The number of aryl methyl sites for hydroxylation is 1. The van der Waals surface area contributed by atoms with E-state index < -0.39 is 0 Å². The minimum Gasteiger partial charge on any atom is -0.126 e. The summed E-state index contributed by atoms with van der Waals surface area (Å²) in [6.45, 7) is 2.13. The Kier molecular flexibility index (Phi) is 5.08. The molecule has 1 aromatic rings. The van der Waals surface area contributed by atoms with Crippen molar-refractivity contribution in [2.45, 2.75) is 19.8 Å². The monoisotopic (exact) mass is 250 g/mol. The van der Waals surface area contributed by atoms with Crippen molar-refractivity contribution in [1.29, 1.82) is 0 Å². The van der Waals surface area contributed by atoms with Crippen LogP contribution in [0.4, 0.5) is 0 Å². The highest BCUT2D eigenvalue weighted by Crippen LogP contribution is 2.27. The Hall–Kier alpha value is 0.0900. The van der Waals surface area contributed by atoms with Gasteiger partial charge in [0.15, 0.2) is 0 Å². The largest absolute Gasteiger partial charge is 0.126 e. The molecule has 0 heterocycles. The number of halogens is 3. The summed E-state index contributed by atoms with van der Waals surface area (Å²) in [5, 5.41) is 1.30. The lowest BCUT2D eigenvalue weighted by molar-refractivity contribution is 0.593. The molecule has 0 bridgehead atoms. The van der Waals surface area contributed by atoms with Gasteiger partial charge in [-0.3, -0.25) is 0 Å². The smallest absolute Gasteiger partial charge is 0.0624 e. The van der Waals surface area contributed by atoms with Crippen molar-refractivity contribution in [3.8, 4) is 0 Å². The molecular formula is C11H13Cl3. The molecule has 0 N–H and O–H groups in total. The standard InChI is InChI=1S/C11H13Cl3/c1-8(7-12)5-6-9-3-2-4-10(13)11(9)14/h2-4,8H,5-7H2,1H3. The lowest BCUT2D eigenvalue weighted by atomic mass is 10.0. The van der Waals surface area contributed by atoms with Gasteiger partial charge in [0.2, 0.25) is 0 Å². The van der Waals surface area contributed by atoms with E-state index >= 15 is 0 Å². The Balaban J connectivity index is 2.63. The van der Waals surface area contributed by atoms with Crippen LogP contribution in [0.3, 0.4) is 0 Å². The van der Waals surface area contributed by atoms with Gasteiger partial charge in [-0.15, -0.1) is 11.6 Å². The van der Waals surface area contributed by atoms with Crippen molar-refractivity contribution in [1.82, 2.24) is 0 Å². The van der Waals surface area contributed by atoms with E-state index in [-0.39, 0.29) is 0 Å². The van der Waals surface area contributed by atoms with Crippen molar-refractivity contribution < 1.29 is 0 Å². The van der Waals surface area contributed by atoms with Gasteiger partial charge in [-0.25, -0.2) is 0 Å². The minimum atomic E-state index is 0.520. The molecule has 1 atom stereocenters. The zero-order chi connectivity index (χ0) is 10.6. The summed E-state index contributed by atoms with van der Waals surface area (Å²) in [7, 11) is 0. The van der Waals surface area contributed by atoms with Gasteiger partial charge in [0.1, 0.15) is 0 Å². The van der Waals surface area contributed by atoms with E-state index in [4.69, 9.17) is 34.8 Å². The first kappa shape index (κ1) is 12.2. The lowest BCUT2D eigenvalue weighted by Gasteiger charge is -2.08. The Morgan fingerprint density at radius 1 is 1.29 bits per heavy atom. The molecule has 0 saturated heterocycles. The van der Waals surface area contributed by atoms with Gasteiger partial charge in [0.05, 0.1) is 10.0 Å². The van der Waals surface area contributed by atoms with Crippen LogP contribution in [0.15, 0.2) is 18.2 Å². The van der Waals surface area contributed by atoms with E-state index in [0.717, 1.165) is 18.4 Å². The maximum Gasteiger partial charge on any atom is 0.0624 e. The molecule has 1 rings (SSSR count). The molecule has 1 unspecified atom stereocenters. The second-order valence-corrected chi connectivity index (χ2v) is 4.60. The Morgan fingerprint density at radius 2 is 2.00 bits per heavy atom. The fourth-order valence-electron chi connectivity index (χ4n) is 1.22. The quantitative estimate of drug-likeness (QED) is 0.674. The molecule has 1 aromatic carbocycles. The molecule has 0 spiro atoms. The van der Waals surface area contributed by atoms with Crippen LogP contribution >= 0.6 is 34.8 Å².